The molecule has 1 aromatic rings. The molecule has 2 heterocycles. The molecular weight excluding hydrogens is 262 g/mol. The smallest absolute Gasteiger partial charge is 0.184 e. The number of hydrogen-bond donors (Lipinski definition) is 2. The Kier molecular flexibility index (Phi) is 4.02. The minimum atomic E-state index is -0.853. The Labute approximate surface area is 117 Å². The van der Waals surface area contributed by atoms with Crippen LogP contribution in [0.3, 0.4) is 0 Å². The number of nitrogens with two attached hydrogens (primary N) is 1. The van der Waals surface area contributed by atoms with Gasteiger partial charge in [0.15, 0.2) is 12.6 Å². The molecule has 1 aromatic carbocycles. The zero-order chi connectivity index (χ0) is 14.1. The van der Waals surface area contributed by atoms with Crippen LogP contribution in [-0.4, -0.2) is 49.5 Å². The fourth-order valence-corrected chi connectivity index (χ4v) is 2.60. The monoisotopic (exact) mass is 281 g/mol. The number of rotatable bonds is 2. The first-order valence-electron chi connectivity index (χ1n) is 6.64. The van der Waals surface area contributed by atoms with Gasteiger partial charge in [-0.25, -0.2) is 0 Å². The van der Waals surface area contributed by atoms with Crippen LogP contribution in [0.25, 0.3) is 0 Å². The first-order valence-corrected chi connectivity index (χ1v) is 6.64. The summed E-state index contributed by atoms with van der Waals surface area (Å²) in [5, 5.41) is 10.3. The molecule has 3 rings (SSSR count). The van der Waals surface area contributed by atoms with Crippen LogP contribution in [0.1, 0.15) is 11.9 Å². The van der Waals surface area contributed by atoms with E-state index >= 15 is 0 Å². The Morgan fingerprint density at radius 1 is 1.25 bits per heavy atom. The van der Waals surface area contributed by atoms with Gasteiger partial charge in [-0.3, -0.25) is 0 Å². The molecule has 2 aliphatic heterocycles. The molecule has 2 fully saturated rings. The number of methoxy groups -OCH3 is 1. The molecule has 3 N–H and O–H groups in total. The summed E-state index contributed by atoms with van der Waals surface area (Å²) in [5.41, 5.74) is 6.81. The maximum Gasteiger partial charge on any atom is 0.184 e. The first-order chi connectivity index (χ1) is 9.70. The van der Waals surface area contributed by atoms with Crippen molar-refractivity contribution in [3.63, 3.8) is 0 Å². The highest BCUT2D eigenvalue weighted by Crippen LogP contribution is 2.33. The van der Waals surface area contributed by atoms with Gasteiger partial charge in [-0.05, 0) is 0 Å². The van der Waals surface area contributed by atoms with Crippen molar-refractivity contribution in [1.29, 1.82) is 0 Å². The number of ether oxygens (including phenoxy) is 4. The van der Waals surface area contributed by atoms with E-state index in [9.17, 15) is 5.11 Å². The van der Waals surface area contributed by atoms with Crippen molar-refractivity contribution in [1.82, 2.24) is 0 Å². The number of benzene rings is 1. The van der Waals surface area contributed by atoms with E-state index in [1.807, 2.05) is 30.3 Å². The fraction of sp³-hybridized carbons (Fsp3) is 0.571. The number of aliphatic hydroxyl groups excluding tert-OH is 1. The highest BCUT2D eigenvalue weighted by molar-refractivity contribution is 5.16. The summed E-state index contributed by atoms with van der Waals surface area (Å²) in [6, 6.07) is 8.93. The fourth-order valence-electron chi connectivity index (χ4n) is 2.60. The summed E-state index contributed by atoms with van der Waals surface area (Å²) in [7, 11) is 1.49. The zero-order valence-electron chi connectivity index (χ0n) is 11.2. The van der Waals surface area contributed by atoms with Crippen molar-refractivity contribution in [3.05, 3.63) is 35.9 Å². The van der Waals surface area contributed by atoms with Gasteiger partial charge in [0.2, 0.25) is 0 Å². The molecule has 0 aromatic heterocycles. The summed E-state index contributed by atoms with van der Waals surface area (Å²) < 4.78 is 22.2. The maximum absolute atomic E-state index is 10.3. The third-order valence-corrected chi connectivity index (χ3v) is 3.72. The van der Waals surface area contributed by atoms with Crippen molar-refractivity contribution in [3.8, 4) is 0 Å². The zero-order valence-corrected chi connectivity index (χ0v) is 11.2. The molecule has 0 amide bonds. The second-order valence-corrected chi connectivity index (χ2v) is 5.02. The summed E-state index contributed by atoms with van der Waals surface area (Å²) in [6.45, 7) is 0.327. The number of fused-ring (bicyclic) bond motifs is 1. The van der Waals surface area contributed by atoms with E-state index in [0.717, 1.165) is 5.56 Å². The van der Waals surface area contributed by atoms with Gasteiger partial charge in [-0.1, -0.05) is 30.3 Å². The normalized spacial score (nSPS) is 41.1. The molecule has 2 saturated heterocycles. The summed E-state index contributed by atoms with van der Waals surface area (Å²) in [4.78, 5) is 0. The van der Waals surface area contributed by atoms with Gasteiger partial charge >= 0.3 is 0 Å². The molecule has 6 heteroatoms. The van der Waals surface area contributed by atoms with Crippen LogP contribution in [-0.2, 0) is 18.9 Å². The molecular formula is C14H19NO5. The first kappa shape index (κ1) is 13.9. The predicted octanol–water partition coefficient (Wildman–Crippen LogP) is 0.160. The van der Waals surface area contributed by atoms with Gasteiger partial charge in [0.1, 0.15) is 18.3 Å². The van der Waals surface area contributed by atoms with Crippen molar-refractivity contribution >= 4 is 0 Å². The Hall–Kier alpha value is -1.02. The van der Waals surface area contributed by atoms with E-state index in [4.69, 9.17) is 24.7 Å². The molecule has 6 atom stereocenters. The predicted molar refractivity (Wildman–Crippen MR) is 69.7 cm³/mol. The largest absolute Gasteiger partial charge is 0.388 e. The molecule has 0 spiro atoms. The van der Waals surface area contributed by atoms with Crippen LogP contribution in [0, 0.1) is 0 Å². The standard InChI is InChI=1S/C14H19NO5/c1-17-14-10(15)11(16)12-9(19-14)7-18-13(20-12)8-5-3-2-4-6-8/h2-6,9-14,16H,7,15H2,1H3/t9-,10-,11-,12+,13+,14-/m1/s1. The SMILES string of the molecule is CO[C@@H]1O[C@@H]2CO[C@H](c3ccccc3)O[C@@H]2[C@H](O)[C@H]1N. The van der Waals surface area contributed by atoms with Crippen molar-refractivity contribution in [2.75, 3.05) is 13.7 Å². The van der Waals surface area contributed by atoms with Crippen LogP contribution in [0.5, 0.6) is 0 Å². The Morgan fingerprint density at radius 3 is 2.70 bits per heavy atom. The quantitative estimate of drug-likeness (QED) is 0.803. The molecule has 110 valence electrons. The lowest BCUT2D eigenvalue weighted by molar-refractivity contribution is -0.339. The Balaban J connectivity index is 1.74. The van der Waals surface area contributed by atoms with E-state index < -0.39 is 30.8 Å². The van der Waals surface area contributed by atoms with E-state index in [0.29, 0.717) is 6.61 Å². The minimum absolute atomic E-state index is 0.327. The van der Waals surface area contributed by atoms with Crippen molar-refractivity contribution in [2.24, 2.45) is 5.73 Å². The van der Waals surface area contributed by atoms with E-state index in [1.54, 1.807) is 0 Å². The van der Waals surface area contributed by atoms with E-state index in [-0.39, 0.29) is 6.10 Å². The summed E-state index contributed by atoms with van der Waals surface area (Å²) >= 11 is 0. The molecule has 2 aliphatic rings. The highest BCUT2D eigenvalue weighted by atomic mass is 16.7. The summed E-state index contributed by atoms with van der Waals surface area (Å²) in [5.74, 6) is 0. The van der Waals surface area contributed by atoms with Crippen LogP contribution < -0.4 is 5.73 Å². The van der Waals surface area contributed by atoms with Gasteiger partial charge in [-0.2, -0.15) is 0 Å². The van der Waals surface area contributed by atoms with Crippen LogP contribution in [0.4, 0.5) is 0 Å². The average Bonchev–Trinajstić information content (AvgIpc) is 2.51. The van der Waals surface area contributed by atoms with Crippen LogP contribution in [0.2, 0.25) is 0 Å². The molecule has 6 nitrogen and oxygen atoms in total. The molecule has 0 radical (unpaired) electrons. The lowest BCUT2D eigenvalue weighted by Gasteiger charge is -2.46. The average molecular weight is 281 g/mol. The van der Waals surface area contributed by atoms with Gasteiger partial charge in [0.25, 0.3) is 0 Å². The van der Waals surface area contributed by atoms with Crippen molar-refractivity contribution in [2.45, 2.75) is 36.9 Å². The second-order valence-electron chi connectivity index (χ2n) is 5.02. The van der Waals surface area contributed by atoms with Gasteiger partial charge < -0.3 is 29.8 Å². The Bertz CT molecular complexity index is 440. The number of aliphatic hydroxyl groups is 1. The van der Waals surface area contributed by atoms with E-state index in [2.05, 4.69) is 0 Å². The molecule has 0 unspecified atom stereocenters. The minimum Gasteiger partial charge on any atom is -0.388 e. The third-order valence-electron chi connectivity index (χ3n) is 3.72. The lowest BCUT2D eigenvalue weighted by Crippen LogP contribution is -2.64. The lowest BCUT2D eigenvalue weighted by atomic mass is 9.96. The van der Waals surface area contributed by atoms with E-state index in [1.165, 1.54) is 7.11 Å². The summed E-state index contributed by atoms with van der Waals surface area (Å²) in [6.07, 6.45) is -2.91. The maximum atomic E-state index is 10.3. The Morgan fingerprint density at radius 2 is 2.00 bits per heavy atom. The third kappa shape index (κ3) is 2.46. The molecule has 0 bridgehead atoms. The molecule has 0 aliphatic carbocycles. The van der Waals surface area contributed by atoms with Gasteiger partial charge in [0.05, 0.1) is 12.6 Å². The topological polar surface area (TPSA) is 83.2 Å². The molecule has 0 saturated carbocycles. The van der Waals surface area contributed by atoms with Crippen LogP contribution >= 0.6 is 0 Å². The number of hydrogen-bond acceptors (Lipinski definition) is 6. The molecule has 20 heavy (non-hydrogen) atoms. The van der Waals surface area contributed by atoms with Gasteiger partial charge in [-0.15, -0.1) is 0 Å². The van der Waals surface area contributed by atoms with Crippen molar-refractivity contribution < 1.29 is 24.1 Å². The second kappa shape index (κ2) is 5.77. The van der Waals surface area contributed by atoms with Crippen LogP contribution in [0.15, 0.2) is 30.3 Å². The highest BCUT2D eigenvalue weighted by Gasteiger charge is 2.48. The van der Waals surface area contributed by atoms with Gasteiger partial charge in [0, 0.05) is 12.7 Å².